The van der Waals surface area contributed by atoms with Crippen LogP contribution in [0.15, 0.2) is 51.9 Å². The molecule has 0 saturated heterocycles. The summed E-state index contributed by atoms with van der Waals surface area (Å²) in [6, 6.07) is 6.62. The van der Waals surface area contributed by atoms with Gasteiger partial charge in [-0.1, -0.05) is 11.8 Å². The number of pyridine rings is 1. The highest BCUT2D eigenvalue weighted by Crippen LogP contribution is 2.41. The standard InChI is InChI=1S/C18H15N5S3/c1-2-15(1)23-16(12-3-6-19-7-4-12)21-22-18(23)26-11-14-10-25-17(20-14)13-5-8-24-9-13/h3-10,15H,1-2,11H2. The molecule has 0 unspecified atom stereocenters. The van der Waals surface area contributed by atoms with Crippen LogP contribution >= 0.6 is 34.4 Å². The number of hydrogen-bond acceptors (Lipinski definition) is 7. The molecule has 0 amide bonds. The molecule has 5 rings (SSSR count). The third kappa shape index (κ3) is 3.20. The maximum absolute atomic E-state index is 4.76. The van der Waals surface area contributed by atoms with Gasteiger partial charge in [-0.3, -0.25) is 9.55 Å². The Kier molecular flexibility index (Phi) is 4.32. The Morgan fingerprint density at radius 1 is 1.08 bits per heavy atom. The van der Waals surface area contributed by atoms with Crippen LogP contribution in [0.4, 0.5) is 0 Å². The van der Waals surface area contributed by atoms with E-state index in [1.807, 2.05) is 12.1 Å². The van der Waals surface area contributed by atoms with Crippen molar-refractivity contribution in [2.45, 2.75) is 29.8 Å². The molecule has 1 saturated carbocycles. The minimum absolute atomic E-state index is 0.521. The van der Waals surface area contributed by atoms with Crippen molar-refractivity contribution >= 4 is 34.4 Å². The van der Waals surface area contributed by atoms with E-state index < -0.39 is 0 Å². The summed E-state index contributed by atoms with van der Waals surface area (Å²) in [7, 11) is 0. The quantitative estimate of drug-likeness (QED) is 0.421. The molecule has 1 aliphatic rings. The van der Waals surface area contributed by atoms with E-state index in [-0.39, 0.29) is 0 Å². The summed E-state index contributed by atoms with van der Waals surface area (Å²) in [4.78, 5) is 8.86. The molecule has 0 spiro atoms. The van der Waals surface area contributed by atoms with E-state index in [9.17, 15) is 0 Å². The highest BCUT2D eigenvalue weighted by atomic mass is 32.2. The van der Waals surface area contributed by atoms with E-state index in [0.29, 0.717) is 6.04 Å². The van der Waals surface area contributed by atoms with Gasteiger partial charge in [0.05, 0.1) is 5.69 Å². The molecule has 0 radical (unpaired) electrons. The molecule has 1 aliphatic carbocycles. The highest BCUT2D eigenvalue weighted by Gasteiger charge is 2.30. The molecule has 5 nitrogen and oxygen atoms in total. The van der Waals surface area contributed by atoms with Crippen molar-refractivity contribution in [1.29, 1.82) is 0 Å². The average Bonchev–Trinajstić information content (AvgIpc) is 3.10. The van der Waals surface area contributed by atoms with Crippen LogP contribution in [0.25, 0.3) is 22.0 Å². The Morgan fingerprint density at radius 2 is 1.96 bits per heavy atom. The van der Waals surface area contributed by atoms with Gasteiger partial charge in [0.15, 0.2) is 11.0 Å². The molecule has 4 aromatic rings. The third-order valence-electron chi connectivity index (χ3n) is 4.18. The number of thioether (sulfide) groups is 1. The minimum Gasteiger partial charge on any atom is -0.299 e. The smallest absolute Gasteiger partial charge is 0.192 e. The van der Waals surface area contributed by atoms with Crippen LogP contribution in [0.2, 0.25) is 0 Å². The Labute approximate surface area is 163 Å². The maximum atomic E-state index is 4.76. The number of rotatable bonds is 6. The predicted molar refractivity (Wildman–Crippen MR) is 107 cm³/mol. The molecule has 0 bridgehead atoms. The van der Waals surface area contributed by atoms with Gasteiger partial charge in [0.2, 0.25) is 0 Å². The first-order valence-corrected chi connectivity index (χ1v) is 11.1. The lowest BCUT2D eigenvalue weighted by atomic mass is 10.2. The lowest BCUT2D eigenvalue weighted by Gasteiger charge is -2.08. The highest BCUT2D eigenvalue weighted by molar-refractivity contribution is 7.98. The van der Waals surface area contributed by atoms with Crippen molar-refractivity contribution in [2.24, 2.45) is 0 Å². The van der Waals surface area contributed by atoms with Gasteiger partial charge in [-0.05, 0) is 36.4 Å². The summed E-state index contributed by atoms with van der Waals surface area (Å²) >= 11 is 5.12. The average molecular weight is 398 g/mol. The number of thiazole rings is 1. The molecule has 0 atom stereocenters. The maximum Gasteiger partial charge on any atom is 0.192 e. The van der Waals surface area contributed by atoms with E-state index in [2.05, 4.69) is 42.0 Å². The molecule has 0 aromatic carbocycles. The Balaban J connectivity index is 1.37. The molecular formula is C18H15N5S3. The summed E-state index contributed by atoms with van der Waals surface area (Å²) in [5.74, 6) is 1.75. The monoisotopic (exact) mass is 397 g/mol. The SMILES string of the molecule is c1cc(-c2nnc(SCc3csc(-c4ccsc4)n3)n2C2CC2)ccn1. The second-order valence-electron chi connectivity index (χ2n) is 6.09. The van der Waals surface area contributed by atoms with Crippen LogP contribution in [0.5, 0.6) is 0 Å². The van der Waals surface area contributed by atoms with E-state index in [0.717, 1.165) is 33.0 Å². The van der Waals surface area contributed by atoms with E-state index in [1.165, 1.54) is 18.4 Å². The Morgan fingerprint density at radius 3 is 2.73 bits per heavy atom. The second kappa shape index (κ2) is 6.94. The molecule has 1 fully saturated rings. The van der Waals surface area contributed by atoms with Crippen molar-refractivity contribution in [3.05, 3.63) is 52.4 Å². The zero-order chi connectivity index (χ0) is 17.3. The van der Waals surface area contributed by atoms with E-state index in [4.69, 9.17) is 4.98 Å². The van der Waals surface area contributed by atoms with Gasteiger partial charge in [-0.2, -0.15) is 11.3 Å². The van der Waals surface area contributed by atoms with Crippen LogP contribution in [-0.2, 0) is 5.75 Å². The van der Waals surface area contributed by atoms with Crippen LogP contribution in [0.3, 0.4) is 0 Å². The summed E-state index contributed by atoms with van der Waals surface area (Å²) in [5, 5.41) is 17.3. The van der Waals surface area contributed by atoms with Gasteiger partial charge in [0, 0.05) is 46.1 Å². The second-order valence-corrected chi connectivity index (χ2v) is 8.67. The molecule has 0 aliphatic heterocycles. The van der Waals surface area contributed by atoms with Crippen molar-refractivity contribution < 1.29 is 0 Å². The third-order valence-corrected chi connectivity index (χ3v) is 6.78. The molecule has 4 aromatic heterocycles. The lowest BCUT2D eigenvalue weighted by molar-refractivity contribution is 0.669. The lowest BCUT2D eigenvalue weighted by Crippen LogP contribution is -2.00. The van der Waals surface area contributed by atoms with Crippen molar-refractivity contribution in [3.63, 3.8) is 0 Å². The molecule has 26 heavy (non-hydrogen) atoms. The van der Waals surface area contributed by atoms with Crippen LogP contribution in [0.1, 0.15) is 24.6 Å². The van der Waals surface area contributed by atoms with E-state index in [1.54, 1.807) is 46.8 Å². The summed E-state index contributed by atoms with van der Waals surface area (Å²) in [6.07, 6.45) is 6.00. The summed E-state index contributed by atoms with van der Waals surface area (Å²) in [5.41, 5.74) is 3.37. The van der Waals surface area contributed by atoms with Crippen molar-refractivity contribution in [1.82, 2.24) is 24.7 Å². The van der Waals surface area contributed by atoms with Crippen molar-refractivity contribution in [3.8, 4) is 22.0 Å². The molecule has 8 heteroatoms. The zero-order valence-corrected chi connectivity index (χ0v) is 16.2. The van der Waals surface area contributed by atoms with Gasteiger partial charge in [-0.25, -0.2) is 4.98 Å². The first kappa shape index (κ1) is 16.2. The fourth-order valence-electron chi connectivity index (χ4n) is 2.77. The summed E-state index contributed by atoms with van der Waals surface area (Å²) < 4.78 is 2.28. The van der Waals surface area contributed by atoms with Gasteiger partial charge < -0.3 is 0 Å². The van der Waals surface area contributed by atoms with Gasteiger partial charge in [0.1, 0.15) is 5.01 Å². The molecule has 130 valence electrons. The van der Waals surface area contributed by atoms with Gasteiger partial charge in [0.25, 0.3) is 0 Å². The van der Waals surface area contributed by atoms with E-state index >= 15 is 0 Å². The number of aromatic nitrogens is 5. The minimum atomic E-state index is 0.521. The van der Waals surface area contributed by atoms with Crippen LogP contribution < -0.4 is 0 Å². The summed E-state index contributed by atoms with van der Waals surface area (Å²) in [6.45, 7) is 0. The zero-order valence-electron chi connectivity index (χ0n) is 13.8. The number of thiophene rings is 1. The fourth-order valence-corrected chi connectivity index (χ4v) is 5.30. The fraction of sp³-hybridized carbons (Fsp3) is 0.222. The largest absolute Gasteiger partial charge is 0.299 e. The molecule has 4 heterocycles. The van der Waals surface area contributed by atoms with Gasteiger partial charge >= 0.3 is 0 Å². The molecular weight excluding hydrogens is 382 g/mol. The Bertz CT molecular complexity index is 1000. The molecule has 0 N–H and O–H groups in total. The predicted octanol–water partition coefficient (Wildman–Crippen LogP) is 5.15. The van der Waals surface area contributed by atoms with Gasteiger partial charge in [-0.15, -0.1) is 21.5 Å². The van der Waals surface area contributed by atoms with Crippen molar-refractivity contribution in [2.75, 3.05) is 0 Å². The van der Waals surface area contributed by atoms with Crippen LogP contribution in [0, 0.1) is 0 Å². The number of hydrogen-bond donors (Lipinski definition) is 0. The topological polar surface area (TPSA) is 56.5 Å². The first-order chi connectivity index (χ1) is 12.9. The number of nitrogens with zero attached hydrogens (tertiary/aromatic N) is 5. The van der Waals surface area contributed by atoms with Crippen LogP contribution in [-0.4, -0.2) is 24.7 Å². The normalized spacial score (nSPS) is 14.0. The Hall–Kier alpha value is -2.03. The first-order valence-electron chi connectivity index (χ1n) is 8.33.